The summed E-state index contributed by atoms with van der Waals surface area (Å²) in [7, 11) is 0. The topological polar surface area (TPSA) is 62.2 Å². The van der Waals surface area contributed by atoms with Crippen molar-refractivity contribution in [3.8, 4) is 0 Å². The van der Waals surface area contributed by atoms with Gasteiger partial charge in [0.15, 0.2) is 0 Å². The molecule has 2 unspecified atom stereocenters. The van der Waals surface area contributed by atoms with Crippen molar-refractivity contribution in [2.75, 3.05) is 5.32 Å². The third-order valence-corrected chi connectivity index (χ3v) is 3.05. The summed E-state index contributed by atoms with van der Waals surface area (Å²) in [4.78, 5) is 15.3. The largest absolute Gasteiger partial charge is 0.478 e. The van der Waals surface area contributed by atoms with Gasteiger partial charge in [-0.1, -0.05) is 20.3 Å². The maximum Gasteiger partial charge on any atom is 0.335 e. The second-order valence-electron chi connectivity index (χ2n) is 4.98. The van der Waals surface area contributed by atoms with Crippen molar-refractivity contribution in [2.24, 2.45) is 5.92 Å². The molecule has 0 saturated heterocycles. The number of hydrogen-bond donors (Lipinski definition) is 2. The van der Waals surface area contributed by atoms with E-state index in [9.17, 15) is 4.79 Å². The van der Waals surface area contributed by atoms with Gasteiger partial charge in [-0.15, -0.1) is 0 Å². The van der Waals surface area contributed by atoms with Crippen molar-refractivity contribution >= 4 is 11.8 Å². The lowest BCUT2D eigenvalue weighted by molar-refractivity contribution is 0.0696. The first kappa shape index (κ1) is 14.5. The fraction of sp³-hybridized carbons (Fsp3) is 0.571. The van der Waals surface area contributed by atoms with Gasteiger partial charge in [0.05, 0.1) is 5.56 Å². The van der Waals surface area contributed by atoms with Gasteiger partial charge in [-0.2, -0.15) is 0 Å². The van der Waals surface area contributed by atoms with Crippen LogP contribution in [0.3, 0.4) is 0 Å². The summed E-state index contributed by atoms with van der Waals surface area (Å²) in [6.07, 6.45) is 2.20. The van der Waals surface area contributed by atoms with Crippen LogP contribution in [0.25, 0.3) is 0 Å². The Hall–Kier alpha value is -1.58. The molecule has 18 heavy (non-hydrogen) atoms. The van der Waals surface area contributed by atoms with Crippen LogP contribution < -0.4 is 5.32 Å². The number of nitrogens with one attached hydrogen (secondary N) is 1. The van der Waals surface area contributed by atoms with Crippen LogP contribution in [0.1, 0.15) is 49.7 Å². The van der Waals surface area contributed by atoms with Crippen LogP contribution in [-0.4, -0.2) is 22.1 Å². The van der Waals surface area contributed by atoms with Crippen molar-refractivity contribution < 1.29 is 9.90 Å². The number of hydrogen-bond acceptors (Lipinski definition) is 3. The summed E-state index contributed by atoms with van der Waals surface area (Å²) in [5, 5.41) is 12.3. The maximum absolute atomic E-state index is 11.0. The molecule has 0 aliphatic heterocycles. The lowest BCUT2D eigenvalue weighted by atomic mass is 10.0. The highest BCUT2D eigenvalue weighted by Gasteiger charge is 2.10. The Morgan fingerprint density at radius 1 is 1.44 bits per heavy atom. The second-order valence-corrected chi connectivity index (χ2v) is 4.98. The van der Waals surface area contributed by atoms with E-state index in [2.05, 4.69) is 31.1 Å². The van der Waals surface area contributed by atoms with Gasteiger partial charge in [-0.05, 0) is 38.3 Å². The average molecular weight is 250 g/mol. The van der Waals surface area contributed by atoms with E-state index in [1.54, 1.807) is 19.1 Å². The van der Waals surface area contributed by atoms with E-state index < -0.39 is 5.97 Å². The maximum atomic E-state index is 11.0. The molecule has 0 aromatic carbocycles. The SMILES string of the molecule is CCC(C)CC(C)Nc1cc(C(=O)O)cc(C)n1. The van der Waals surface area contributed by atoms with Crippen molar-refractivity contribution in [3.63, 3.8) is 0 Å². The molecule has 0 aliphatic carbocycles. The summed E-state index contributed by atoms with van der Waals surface area (Å²) in [5.41, 5.74) is 0.994. The van der Waals surface area contributed by atoms with Crippen LogP contribution >= 0.6 is 0 Å². The number of aromatic nitrogens is 1. The number of aryl methyl sites for hydroxylation is 1. The molecule has 4 heteroatoms. The number of nitrogens with zero attached hydrogens (tertiary/aromatic N) is 1. The average Bonchev–Trinajstić information content (AvgIpc) is 2.27. The lowest BCUT2D eigenvalue weighted by Gasteiger charge is -2.18. The normalized spacial score (nSPS) is 14.0. The van der Waals surface area contributed by atoms with E-state index in [1.165, 1.54) is 0 Å². The number of anilines is 1. The Morgan fingerprint density at radius 3 is 2.67 bits per heavy atom. The highest BCUT2D eigenvalue weighted by Crippen LogP contribution is 2.15. The predicted octanol–water partition coefficient (Wildman–Crippen LogP) is 3.32. The van der Waals surface area contributed by atoms with E-state index in [0.717, 1.165) is 12.8 Å². The Bertz CT molecular complexity index is 418. The quantitative estimate of drug-likeness (QED) is 0.813. The van der Waals surface area contributed by atoms with Crippen molar-refractivity contribution in [2.45, 2.75) is 46.6 Å². The molecule has 0 aliphatic rings. The number of carbonyl (C=O) groups is 1. The molecule has 0 radical (unpaired) electrons. The highest BCUT2D eigenvalue weighted by molar-refractivity contribution is 5.88. The molecule has 2 N–H and O–H groups in total. The standard InChI is InChI=1S/C14H22N2O2/c1-5-9(2)6-10(3)15-13-8-12(14(17)18)7-11(4)16-13/h7-10H,5-6H2,1-4H3,(H,15,16)(H,17,18). The first-order chi connectivity index (χ1) is 8.42. The molecular weight excluding hydrogens is 228 g/mol. The minimum absolute atomic E-state index is 0.278. The van der Waals surface area contributed by atoms with Gasteiger partial charge in [0.2, 0.25) is 0 Å². The summed E-state index contributed by atoms with van der Waals surface area (Å²) in [6, 6.07) is 3.45. The van der Waals surface area contributed by atoms with Gasteiger partial charge in [0.1, 0.15) is 5.82 Å². The molecule has 0 bridgehead atoms. The summed E-state index contributed by atoms with van der Waals surface area (Å²) in [5.74, 6) is 0.373. The third kappa shape index (κ3) is 4.35. The Balaban J connectivity index is 2.75. The molecule has 1 aromatic rings. The third-order valence-electron chi connectivity index (χ3n) is 3.05. The van der Waals surface area contributed by atoms with Gasteiger partial charge < -0.3 is 10.4 Å². The number of carboxylic acids is 1. The van der Waals surface area contributed by atoms with Crippen LogP contribution in [0.5, 0.6) is 0 Å². The van der Waals surface area contributed by atoms with E-state index in [1.807, 2.05) is 0 Å². The molecular formula is C14H22N2O2. The number of aromatic carboxylic acids is 1. The second kappa shape index (κ2) is 6.38. The van der Waals surface area contributed by atoms with Crippen LogP contribution in [0, 0.1) is 12.8 Å². The monoisotopic (exact) mass is 250 g/mol. The van der Waals surface area contributed by atoms with Gasteiger partial charge >= 0.3 is 5.97 Å². The molecule has 1 aromatic heterocycles. The molecule has 4 nitrogen and oxygen atoms in total. The Morgan fingerprint density at radius 2 is 2.11 bits per heavy atom. The van der Waals surface area contributed by atoms with Crippen LogP contribution in [0.2, 0.25) is 0 Å². The lowest BCUT2D eigenvalue weighted by Crippen LogP contribution is -2.19. The number of pyridine rings is 1. The smallest absolute Gasteiger partial charge is 0.335 e. The van der Waals surface area contributed by atoms with Gasteiger partial charge in [-0.25, -0.2) is 9.78 Å². The zero-order valence-electron chi connectivity index (χ0n) is 11.5. The van der Waals surface area contributed by atoms with Gasteiger partial charge in [0, 0.05) is 11.7 Å². The van der Waals surface area contributed by atoms with Gasteiger partial charge in [0.25, 0.3) is 0 Å². The summed E-state index contributed by atoms with van der Waals surface area (Å²) in [6.45, 7) is 8.28. The molecule has 2 atom stereocenters. The zero-order valence-corrected chi connectivity index (χ0v) is 11.5. The predicted molar refractivity (Wildman–Crippen MR) is 73.1 cm³/mol. The summed E-state index contributed by atoms with van der Waals surface area (Å²) < 4.78 is 0. The van der Waals surface area contributed by atoms with Crippen LogP contribution in [0.4, 0.5) is 5.82 Å². The first-order valence-electron chi connectivity index (χ1n) is 6.40. The fourth-order valence-electron chi connectivity index (χ4n) is 1.95. The zero-order chi connectivity index (χ0) is 13.7. The molecule has 100 valence electrons. The van der Waals surface area contributed by atoms with E-state index in [0.29, 0.717) is 17.4 Å². The van der Waals surface area contributed by atoms with Crippen LogP contribution in [0.15, 0.2) is 12.1 Å². The fourth-order valence-corrected chi connectivity index (χ4v) is 1.95. The molecule has 0 spiro atoms. The minimum Gasteiger partial charge on any atom is -0.478 e. The van der Waals surface area contributed by atoms with Crippen molar-refractivity contribution in [1.82, 2.24) is 4.98 Å². The van der Waals surface area contributed by atoms with Gasteiger partial charge in [-0.3, -0.25) is 0 Å². The number of carboxylic acid groups (broad SMARTS) is 1. The van der Waals surface area contributed by atoms with E-state index >= 15 is 0 Å². The summed E-state index contributed by atoms with van der Waals surface area (Å²) >= 11 is 0. The molecule has 0 amide bonds. The Labute approximate surface area is 108 Å². The molecule has 0 fully saturated rings. The number of rotatable bonds is 6. The van der Waals surface area contributed by atoms with E-state index in [-0.39, 0.29) is 11.6 Å². The molecule has 0 saturated carbocycles. The van der Waals surface area contributed by atoms with Crippen molar-refractivity contribution in [1.29, 1.82) is 0 Å². The highest BCUT2D eigenvalue weighted by atomic mass is 16.4. The minimum atomic E-state index is -0.918. The van der Waals surface area contributed by atoms with E-state index in [4.69, 9.17) is 5.11 Å². The molecule has 1 rings (SSSR count). The molecule has 1 heterocycles. The van der Waals surface area contributed by atoms with Crippen LogP contribution in [-0.2, 0) is 0 Å². The Kier molecular flexibility index (Phi) is 5.13. The first-order valence-corrected chi connectivity index (χ1v) is 6.40. The van der Waals surface area contributed by atoms with Crippen molar-refractivity contribution in [3.05, 3.63) is 23.4 Å².